The van der Waals surface area contributed by atoms with Crippen molar-refractivity contribution >= 4 is 41.3 Å². The second-order valence-electron chi connectivity index (χ2n) is 5.94. The Morgan fingerprint density at radius 2 is 1.89 bits per heavy atom. The number of hydrogen-bond donors (Lipinski definition) is 2. The lowest BCUT2D eigenvalue weighted by molar-refractivity contribution is 0.571. The standard InChI is InChI=1S/C19H22FN5OS.HI/c1-13-11-24-17(27-13)8-10-23-19(21-2)22-9-7-16-12-26-18(25-16)14-3-5-15(20)6-4-14;/h3-6,11-12H,7-10H2,1-2H3,(H2,21,22,23);1H. The first-order chi connectivity index (χ1) is 13.1. The van der Waals surface area contributed by atoms with Crippen LogP contribution in [0.15, 0.2) is 46.1 Å². The van der Waals surface area contributed by atoms with E-state index in [1.165, 1.54) is 17.0 Å². The molecule has 1 aromatic carbocycles. The van der Waals surface area contributed by atoms with Gasteiger partial charge in [0, 0.05) is 49.6 Å². The van der Waals surface area contributed by atoms with Gasteiger partial charge >= 0.3 is 0 Å². The van der Waals surface area contributed by atoms with Crippen molar-refractivity contribution in [3.05, 3.63) is 58.1 Å². The number of aromatic nitrogens is 2. The van der Waals surface area contributed by atoms with Crippen LogP contribution >= 0.6 is 35.3 Å². The van der Waals surface area contributed by atoms with Crippen molar-refractivity contribution in [1.29, 1.82) is 0 Å². The highest BCUT2D eigenvalue weighted by Crippen LogP contribution is 2.19. The predicted molar refractivity (Wildman–Crippen MR) is 121 cm³/mol. The Bertz CT molecular complexity index is 894. The van der Waals surface area contributed by atoms with Crippen LogP contribution in [-0.2, 0) is 12.8 Å². The molecule has 0 fully saturated rings. The molecule has 150 valence electrons. The maximum Gasteiger partial charge on any atom is 0.226 e. The Hall–Kier alpha value is -2.01. The number of benzene rings is 1. The van der Waals surface area contributed by atoms with E-state index in [4.69, 9.17) is 4.42 Å². The van der Waals surface area contributed by atoms with Gasteiger partial charge in [0.05, 0.1) is 10.7 Å². The molecule has 0 spiro atoms. The van der Waals surface area contributed by atoms with Gasteiger partial charge in [-0.25, -0.2) is 14.4 Å². The van der Waals surface area contributed by atoms with E-state index < -0.39 is 0 Å². The second kappa shape index (κ2) is 11.1. The minimum Gasteiger partial charge on any atom is -0.444 e. The van der Waals surface area contributed by atoms with Gasteiger partial charge in [-0.05, 0) is 31.2 Å². The molecule has 3 aromatic rings. The fourth-order valence-electron chi connectivity index (χ4n) is 2.48. The Kier molecular flexibility index (Phi) is 8.84. The second-order valence-corrected chi connectivity index (χ2v) is 7.26. The van der Waals surface area contributed by atoms with E-state index in [1.807, 2.05) is 6.20 Å². The Balaban J connectivity index is 0.00000280. The quantitative estimate of drug-likeness (QED) is 0.285. The maximum atomic E-state index is 13.0. The third-order valence-electron chi connectivity index (χ3n) is 3.84. The molecule has 0 aliphatic heterocycles. The zero-order valence-corrected chi connectivity index (χ0v) is 18.9. The van der Waals surface area contributed by atoms with Crippen molar-refractivity contribution in [2.45, 2.75) is 19.8 Å². The largest absolute Gasteiger partial charge is 0.444 e. The van der Waals surface area contributed by atoms with E-state index in [9.17, 15) is 4.39 Å². The molecule has 28 heavy (non-hydrogen) atoms. The van der Waals surface area contributed by atoms with E-state index in [0.717, 1.165) is 35.2 Å². The first-order valence-corrected chi connectivity index (χ1v) is 9.52. The number of aliphatic imine (C=N–C) groups is 1. The molecule has 2 aromatic heterocycles. The Morgan fingerprint density at radius 3 is 2.54 bits per heavy atom. The molecule has 0 radical (unpaired) electrons. The lowest BCUT2D eigenvalue weighted by Gasteiger charge is -2.10. The lowest BCUT2D eigenvalue weighted by atomic mass is 10.2. The number of aryl methyl sites for hydroxylation is 1. The number of nitrogens with one attached hydrogen (secondary N) is 2. The molecule has 0 saturated carbocycles. The zero-order chi connectivity index (χ0) is 19.1. The molecule has 0 saturated heterocycles. The van der Waals surface area contributed by atoms with Crippen molar-refractivity contribution in [2.24, 2.45) is 4.99 Å². The summed E-state index contributed by atoms with van der Waals surface area (Å²) < 4.78 is 18.5. The first kappa shape index (κ1) is 22.3. The van der Waals surface area contributed by atoms with E-state index in [-0.39, 0.29) is 29.8 Å². The van der Waals surface area contributed by atoms with Crippen LogP contribution in [0.5, 0.6) is 0 Å². The third-order valence-corrected chi connectivity index (χ3v) is 4.81. The highest BCUT2D eigenvalue weighted by Gasteiger charge is 2.07. The van der Waals surface area contributed by atoms with Gasteiger partial charge in [-0.2, -0.15) is 0 Å². The van der Waals surface area contributed by atoms with E-state index in [0.29, 0.717) is 18.9 Å². The molecule has 0 atom stereocenters. The number of guanidine groups is 1. The molecule has 0 bridgehead atoms. The van der Waals surface area contributed by atoms with E-state index >= 15 is 0 Å². The third kappa shape index (κ3) is 6.55. The van der Waals surface area contributed by atoms with Gasteiger partial charge in [0.1, 0.15) is 12.1 Å². The number of oxazole rings is 1. The summed E-state index contributed by atoms with van der Waals surface area (Å²) in [6.45, 7) is 3.50. The first-order valence-electron chi connectivity index (χ1n) is 8.70. The summed E-state index contributed by atoms with van der Waals surface area (Å²) >= 11 is 1.71. The average Bonchev–Trinajstić information content (AvgIpc) is 3.30. The van der Waals surface area contributed by atoms with Crippen LogP contribution in [0.4, 0.5) is 4.39 Å². The number of nitrogens with zero attached hydrogens (tertiary/aromatic N) is 3. The van der Waals surface area contributed by atoms with Gasteiger partial charge in [-0.3, -0.25) is 4.99 Å². The van der Waals surface area contributed by atoms with Crippen molar-refractivity contribution in [3.8, 4) is 11.5 Å². The molecule has 0 unspecified atom stereocenters. The molecule has 0 aliphatic carbocycles. The zero-order valence-electron chi connectivity index (χ0n) is 15.7. The topological polar surface area (TPSA) is 75.3 Å². The molecule has 6 nitrogen and oxygen atoms in total. The number of thiazole rings is 1. The molecular formula is C19H23FIN5OS. The molecule has 2 heterocycles. The summed E-state index contributed by atoms with van der Waals surface area (Å²) in [5, 5.41) is 7.65. The summed E-state index contributed by atoms with van der Waals surface area (Å²) in [6, 6.07) is 6.09. The minimum absolute atomic E-state index is 0. The van der Waals surface area contributed by atoms with Crippen LogP contribution in [0.3, 0.4) is 0 Å². The van der Waals surface area contributed by atoms with Crippen molar-refractivity contribution in [2.75, 3.05) is 20.1 Å². The number of hydrogen-bond acceptors (Lipinski definition) is 5. The summed E-state index contributed by atoms with van der Waals surface area (Å²) in [7, 11) is 1.74. The summed E-state index contributed by atoms with van der Waals surface area (Å²) in [5.74, 6) is 0.954. The van der Waals surface area contributed by atoms with E-state index in [2.05, 4.69) is 32.5 Å². The maximum absolute atomic E-state index is 13.0. The van der Waals surface area contributed by atoms with Gasteiger partial charge in [0.15, 0.2) is 5.96 Å². The highest BCUT2D eigenvalue weighted by atomic mass is 127. The normalized spacial score (nSPS) is 11.2. The van der Waals surface area contributed by atoms with Gasteiger partial charge in [-0.15, -0.1) is 35.3 Å². The van der Waals surface area contributed by atoms with Crippen LogP contribution in [-0.4, -0.2) is 36.1 Å². The van der Waals surface area contributed by atoms with Gasteiger partial charge < -0.3 is 15.1 Å². The van der Waals surface area contributed by atoms with Crippen LogP contribution in [0.25, 0.3) is 11.5 Å². The van der Waals surface area contributed by atoms with Crippen LogP contribution in [0.2, 0.25) is 0 Å². The highest BCUT2D eigenvalue weighted by molar-refractivity contribution is 14.0. The molecule has 2 N–H and O–H groups in total. The van der Waals surface area contributed by atoms with Crippen LogP contribution in [0.1, 0.15) is 15.6 Å². The molecule has 3 rings (SSSR count). The predicted octanol–water partition coefficient (Wildman–Crippen LogP) is 3.81. The SMILES string of the molecule is CN=C(NCCc1coc(-c2ccc(F)cc2)n1)NCCc1ncc(C)s1.I. The van der Waals surface area contributed by atoms with Gasteiger partial charge in [0.25, 0.3) is 0 Å². The Labute approximate surface area is 184 Å². The minimum atomic E-state index is -0.279. The molecule has 0 aliphatic rings. The van der Waals surface area contributed by atoms with Crippen molar-refractivity contribution < 1.29 is 8.81 Å². The Morgan fingerprint density at radius 1 is 1.18 bits per heavy atom. The van der Waals surface area contributed by atoms with Crippen LogP contribution < -0.4 is 10.6 Å². The lowest BCUT2D eigenvalue weighted by Crippen LogP contribution is -2.39. The molecule has 0 amide bonds. The molecular weight excluding hydrogens is 492 g/mol. The number of halogens is 2. The smallest absolute Gasteiger partial charge is 0.226 e. The summed E-state index contributed by atoms with van der Waals surface area (Å²) in [4.78, 5) is 14.2. The summed E-state index contributed by atoms with van der Waals surface area (Å²) in [6.07, 6.45) is 5.08. The van der Waals surface area contributed by atoms with Gasteiger partial charge in [-0.1, -0.05) is 0 Å². The van der Waals surface area contributed by atoms with Gasteiger partial charge in [0.2, 0.25) is 5.89 Å². The van der Waals surface area contributed by atoms with Crippen molar-refractivity contribution in [1.82, 2.24) is 20.6 Å². The summed E-state index contributed by atoms with van der Waals surface area (Å²) in [5.41, 5.74) is 1.58. The van der Waals surface area contributed by atoms with Crippen molar-refractivity contribution in [3.63, 3.8) is 0 Å². The average molecular weight is 515 g/mol. The fourth-order valence-corrected chi connectivity index (χ4v) is 3.27. The monoisotopic (exact) mass is 515 g/mol. The van der Waals surface area contributed by atoms with E-state index in [1.54, 1.807) is 36.8 Å². The molecule has 9 heteroatoms. The van der Waals surface area contributed by atoms with Crippen LogP contribution in [0, 0.1) is 12.7 Å². The fraction of sp³-hybridized carbons (Fsp3) is 0.316. The number of rotatable bonds is 7.